The Morgan fingerprint density at radius 2 is 1.55 bits per heavy atom. The summed E-state index contributed by atoms with van der Waals surface area (Å²) in [6, 6.07) is -0.595. The third-order valence-electron chi connectivity index (χ3n) is 5.59. The van der Waals surface area contributed by atoms with Gasteiger partial charge in [0.25, 0.3) is 5.91 Å². The quantitative estimate of drug-likeness (QED) is 0.775. The van der Waals surface area contributed by atoms with Crippen LogP contribution in [0.3, 0.4) is 0 Å². The molecule has 6 heteroatoms. The first-order valence-corrected chi connectivity index (χ1v) is 8.15. The summed E-state index contributed by atoms with van der Waals surface area (Å²) in [5.41, 5.74) is -0.379. The summed E-state index contributed by atoms with van der Waals surface area (Å²) < 4.78 is 5.41. The average molecular weight is 308 g/mol. The monoisotopic (exact) mass is 308 g/mol. The molecule has 0 unspecified atom stereocenters. The van der Waals surface area contributed by atoms with Crippen molar-refractivity contribution in [3.8, 4) is 0 Å². The number of rotatable bonds is 3. The first-order valence-electron chi connectivity index (χ1n) is 8.15. The van der Waals surface area contributed by atoms with Gasteiger partial charge in [-0.05, 0) is 63.2 Å². The van der Waals surface area contributed by atoms with E-state index in [0.717, 1.165) is 19.3 Å². The highest BCUT2D eigenvalue weighted by Gasteiger charge is 2.55. The van der Waals surface area contributed by atoms with Gasteiger partial charge in [0, 0.05) is 7.05 Å². The van der Waals surface area contributed by atoms with Crippen molar-refractivity contribution in [2.45, 2.75) is 51.6 Å². The number of imide groups is 1. The molecular formula is C16H24N2O4. The molecule has 4 bridgehead atoms. The van der Waals surface area contributed by atoms with Gasteiger partial charge in [-0.1, -0.05) is 0 Å². The van der Waals surface area contributed by atoms with Gasteiger partial charge in [-0.3, -0.25) is 14.9 Å². The van der Waals surface area contributed by atoms with Crippen LogP contribution in [0.15, 0.2) is 0 Å². The van der Waals surface area contributed by atoms with Crippen LogP contribution in [0.5, 0.6) is 0 Å². The van der Waals surface area contributed by atoms with Gasteiger partial charge in [-0.25, -0.2) is 4.79 Å². The molecule has 4 saturated carbocycles. The van der Waals surface area contributed by atoms with Crippen LogP contribution < -0.4 is 10.6 Å². The van der Waals surface area contributed by atoms with E-state index in [-0.39, 0.29) is 11.4 Å². The average Bonchev–Trinajstić information content (AvgIpc) is 2.45. The Balaban J connectivity index is 1.62. The Hall–Kier alpha value is -1.59. The molecule has 0 aliphatic heterocycles. The first kappa shape index (κ1) is 15.3. The summed E-state index contributed by atoms with van der Waals surface area (Å²) in [4.78, 5) is 35.6. The molecule has 0 spiro atoms. The molecule has 2 N–H and O–H groups in total. The van der Waals surface area contributed by atoms with Gasteiger partial charge < -0.3 is 10.1 Å². The number of carbonyl (C=O) groups excluding carboxylic acids is 3. The van der Waals surface area contributed by atoms with Gasteiger partial charge in [0.05, 0.1) is 5.41 Å². The fourth-order valence-electron chi connectivity index (χ4n) is 4.98. The number of urea groups is 1. The normalized spacial score (nSPS) is 36.5. The van der Waals surface area contributed by atoms with Crippen molar-refractivity contribution in [2.75, 3.05) is 7.05 Å². The van der Waals surface area contributed by atoms with E-state index in [0.29, 0.717) is 17.8 Å². The van der Waals surface area contributed by atoms with Crippen LogP contribution in [0, 0.1) is 23.2 Å². The molecule has 4 aliphatic rings. The molecule has 0 aromatic carbocycles. The third-order valence-corrected chi connectivity index (χ3v) is 5.59. The Morgan fingerprint density at radius 3 is 2.00 bits per heavy atom. The van der Waals surface area contributed by atoms with Gasteiger partial charge >= 0.3 is 12.0 Å². The molecule has 1 atom stereocenters. The molecule has 0 aromatic heterocycles. The van der Waals surface area contributed by atoms with Crippen LogP contribution in [-0.4, -0.2) is 31.1 Å². The summed E-state index contributed by atoms with van der Waals surface area (Å²) in [6.45, 7) is 1.51. The third kappa shape index (κ3) is 2.71. The van der Waals surface area contributed by atoms with E-state index in [1.54, 1.807) is 0 Å². The van der Waals surface area contributed by atoms with Crippen LogP contribution in [0.2, 0.25) is 0 Å². The van der Waals surface area contributed by atoms with E-state index >= 15 is 0 Å². The predicted molar refractivity (Wildman–Crippen MR) is 78.8 cm³/mol. The predicted octanol–water partition coefficient (Wildman–Crippen LogP) is 1.59. The highest BCUT2D eigenvalue weighted by molar-refractivity contribution is 5.97. The van der Waals surface area contributed by atoms with Crippen LogP contribution in [0.1, 0.15) is 45.4 Å². The smallest absolute Gasteiger partial charge is 0.321 e. The lowest BCUT2D eigenvalue weighted by molar-refractivity contribution is -0.178. The molecule has 22 heavy (non-hydrogen) atoms. The molecule has 122 valence electrons. The lowest BCUT2D eigenvalue weighted by Crippen LogP contribution is -2.52. The zero-order chi connectivity index (χ0) is 15.9. The first-order chi connectivity index (χ1) is 10.4. The number of nitrogens with one attached hydrogen (secondary N) is 2. The van der Waals surface area contributed by atoms with Crippen LogP contribution in [-0.2, 0) is 14.3 Å². The van der Waals surface area contributed by atoms with Crippen molar-refractivity contribution >= 4 is 17.9 Å². The summed E-state index contributed by atoms with van der Waals surface area (Å²) >= 11 is 0. The minimum absolute atomic E-state index is 0.244. The van der Waals surface area contributed by atoms with Gasteiger partial charge in [0.1, 0.15) is 0 Å². The highest BCUT2D eigenvalue weighted by atomic mass is 16.5. The maximum atomic E-state index is 12.7. The van der Waals surface area contributed by atoms with Crippen molar-refractivity contribution in [3.05, 3.63) is 0 Å². The molecule has 0 aromatic rings. The topological polar surface area (TPSA) is 84.5 Å². The van der Waals surface area contributed by atoms with Gasteiger partial charge in [-0.15, -0.1) is 0 Å². The maximum Gasteiger partial charge on any atom is 0.321 e. The summed E-state index contributed by atoms with van der Waals surface area (Å²) in [6.07, 6.45) is 5.51. The zero-order valence-electron chi connectivity index (χ0n) is 13.2. The molecule has 0 heterocycles. The fraction of sp³-hybridized carbons (Fsp3) is 0.812. The standard InChI is InChI=1S/C16H24N2O4/c1-9(13(19)18-15(21)17-2)22-14(20)16-6-10-3-11(7-16)5-12(4-10)8-16/h9-12H,3-8H2,1-2H3,(H2,17,18,19,21)/t9-,10?,11?,12?,16?/m0/s1. The van der Waals surface area contributed by atoms with Crippen molar-refractivity contribution in [1.29, 1.82) is 0 Å². The van der Waals surface area contributed by atoms with E-state index in [4.69, 9.17) is 4.74 Å². The van der Waals surface area contributed by atoms with Crippen molar-refractivity contribution in [3.63, 3.8) is 0 Å². The molecule has 6 nitrogen and oxygen atoms in total. The SMILES string of the molecule is CNC(=O)NC(=O)[C@H](C)OC(=O)C12CC3CC(CC(C3)C1)C2. The number of hydrogen-bond acceptors (Lipinski definition) is 4. The molecular weight excluding hydrogens is 284 g/mol. The molecule has 4 fully saturated rings. The van der Waals surface area contributed by atoms with Crippen molar-refractivity contribution < 1.29 is 19.1 Å². The number of ether oxygens (including phenoxy) is 1. The van der Waals surface area contributed by atoms with Gasteiger partial charge in [0.2, 0.25) is 0 Å². The van der Waals surface area contributed by atoms with E-state index in [1.807, 2.05) is 0 Å². The number of amides is 3. The number of hydrogen-bond donors (Lipinski definition) is 2. The van der Waals surface area contributed by atoms with Crippen molar-refractivity contribution in [1.82, 2.24) is 10.6 Å². The second kappa shape index (κ2) is 5.56. The molecule has 4 rings (SSSR count). The minimum Gasteiger partial charge on any atom is -0.452 e. The lowest BCUT2D eigenvalue weighted by atomic mass is 9.49. The second-order valence-electron chi connectivity index (χ2n) is 7.31. The summed E-state index contributed by atoms with van der Waals surface area (Å²) in [5.74, 6) is 1.11. The van der Waals surface area contributed by atoms with Crippen LogP contribution >= 0.6 is 0 Å². The van der Waals surface area contributed by atoms with E-state index in [1.165, 1.54) is 33.2 Å². The summed E-state index contributed by atoms with van der Waals surface area (Å²) in [5, 5.41) is 4.44. The van der Waals surface area contributed by atoms with Crippen LogP contribution in [0.25, 0.3) is 0 Å². The Bertz CT molecular complexity index is 467. The van der Waals surface area contributed by atoms with Crippen molar-refractivity contribution in [2.24, 2.45) is 23.2 Å². The Labute approximate surface area is 130 Å². The number of esters is 1. The highest BCUT2D eigenvalue weighted by Crippen LogP contribution is 2.60. The Morgan fingerprint density at radius 1 is 1.05 bits per heavy atom. The number of carbonyl (C=O) groups is 3. The Kier molecular flexibility index (Phi) is 3.87. The van der Waals surface area contributed by atoms with Gasteiger partial charge in [-0.2, -0.15) is 0 Å². The zero-order valence-corrected chi connectivity index (χ0v) is 13.2. The lowest BCUT2D eigenvalue weighted by Gasteiger charge is -2.55. The molecule has 0 radical (unpaired) electrons. The maximum absolute atomic E-state index is 12.7. The molecule has 0 saturated heterocycles. The van der Waals surface area contributed by atoms with E-state index < -0.39 is 18.0 Å². The second-order valence-corrected chi connectivity index (χ2v) is 7.31. The van der Waals surface area contributed by atoms with Gasteiger partial charge in [0.15, 0.2) is 6.10 Å². The fourth-order valence-corrected chi connectivity index (χ4v) is 4.98. The van der Waals surface area contributed by atoms with E-state index in [2.05, 4.69) is 10.6 Å². The van der Waals surface area contributed by atoms with Crippen LogP contribution in [0.4, 0.5) is 4.79 Å². The minimum atomic E-state index is -0.946. The largest absolute Gasteiger partial charge is 0.452 e. The molecule has 3 amide bonds. The molecule has 4 aliphatic carbocycles. The summed E-state index contributed by atoms with van der Waals surface area (Å²) in [7, 11) is 1.43. The van der Waals surface area contributed by atoms with E-state index in [9.17, 15) is 14.4 Å².